The average molecular weight is 437 g/mol. The highest BCUT2D eigenvalue weighted by atomic mass is 32.2. The van der Waals surface area contributed by atoms with Crippen molar-refractivity contribution in [2.24, 2.45) is 0 Å². The van der Waals surface area contributed by atoms with Crippen LogP contribution in [0.4, 0.5) is 32.2 Å². The molecule has 0 fully saturated rings. The molecule has 3 rings (SSSR count). The first kappa shape index (κ1) is 20.6. The van der Waals surface area contributed by atoms with Crippen molar-refractivity contribution in [2.45, 2.75) is 17.2 Å². The van der Waals surface area contributed by atoms with Gasteiger partial charge in [-0.25, -0.2) is 23.1 Å². The summed E-state index contributed by atoms with van der Waals surface area (Å²) in [5.74, 6) is -0.265. The fraction of sp³-hybridized carbons (Fsp3) is 0.133. The molecule has 1 N–H and O–H groups in total. The summed E-state index contributed by atoms with van der Waals surface area (Å²) in [6, 6.07) is 2.69. The van der Waals surface area contributed by atoms with Crippen molar-refractivity contribution in [3.8, 4) is 5.82 Å². The van der Waals surface area contributed by atoms with Crippen LogP contribution < -0.4 is 4.72 Å². The molecule has 1 aromatic carbocycles. The Hall–Kier alpha value is -3.16. The number of hydrogen-bond donors (Lipinski definition) is 1. The molecule has 2 aromatic heterocycles. The van der Waals surface area contributed by atoms with Crippen LogP contribution in [0, 0.1) is 0 Å². The van der Waals surface area contributed by atoms with Gasteiger partial charge in [-0.3, -0.25) is 4.72 Å². The second kappa shape index (κ2) is 7.02. The minimum Gasteiger partial charge on any atom is -0.263 e. The number of nitrogens with one attached hydrogen (secondary N) is 1. The Morgan fingerprint density at radius 1 is 0.897 bits per heavy atom. The zero-order valence-electron chi connectivity index (χ0n) is 13.9. The Labute approximate surface area is 159 Å². The molecule has 2 heterocycles. The summed E-state index contributed by atoms with van der Waals surface area (Å²) in [4.78, 5) is 6.23. The lowest BCUT2D eigenvalue weighted by Crippen LogP contribution is -2.18. The zero-order chi connectivity index (χ0) is 21.4. The van der Waals surface area contributed by atoms with Crippen LogP contribution in [0.25, 0.3) is 5.82 Å². The Morgan fingerprint density at radius 3 is 2.03 bits per heavy atom. The molecule has 0 aliphatic carbocycles. The van der Waals surface area contributed by atoms with E-state index < -0.39 is 38.4 Å². The minimum atomic E-state index is -5.19. The lowest BCUT2D eigenvalue weighted by molar-refractivity contribution is -0.143. The van der Waals surface area contributed by atoms with E-state index in [2.05, 4.69) is 15.1 Å². The first-order valence-electron chi connectivity index (χ1n) is 7.51. The van der Waals surface area contributed by atoms with Gasteiger partial charge in [0.05, 0.1) is 16.0 Å². The highest BCUT2D eigenvalue weighted by molar-refractivity contribution is 7.92. The second-order valence-electron chi connectivity index (χ2n) is 5.56. The molecule has 14 heteroatoms. The number of anilines is 1. The van der Waals surface area contributed by atoms with Gasteiger partial charge in [-0.15, -0.1) is 0 Å². The first-order chi connectivity index (χ1) is 13.4. The number of sulfonamides is 1. The molecule has 0 aliphatic heterocycles. The normalized spacial score (nSPS) is 12.8. The lowest BCUT2D eigenvalue weighted by atomic mass is 10.1. The summed E-state index contributed by atoms with van der Waals surface area (Å²) in [7, 11) is -4.83. The highest BCUT2D eigenvalue weighted by Crippen LogP contribution is 2.37. The third kappa shape index (κ3) is 4.64. The van der Waals surface area contributed by atoms with Crippen molar-refractivity contribution in [1.29, 1.82) is 0 Å². The molecular formula is C15H9F6N5O2S. The molecular weight excluding hydrogens is 428 g/mol. The summed E-state index contributed by atoms with van der Waals surface area (Å²) in [6.45, 7) is 0. The van der Waals surface area contributed by atoms with Crippen molar-refractivity contribution in [3.05, 3.63) is 60.2 Å². The van der Waals surface area contributed by atoms with Crippen LogP contribution >= 0.6 is 0 Å². The van der Waals surface area contributed by atoms with E-state index in [9.17, 15) is 34.8 Å². The van der Waals surface area contributed by atoms with E-state index in [0.717, 1.165) is 12.4 Å². The number of hydrogen-bond acceptors (Lipinski definition) is 5. The van der Waals surface area contributed by atoms with Crippen molar-refractivity contribution in [1.82, 2.24) is 19.7 Å². The molecule has 7 nitrogen and oxygen atoms in total. The third-order valence-electron chi connectivity index (χ3n) is 3.50. The molecule has 3 aromatic rings. The van der Waals surface area contributed by atoms with Crippen LogP contribution in [0.5, 0.6) is 0 Å². The van der Waals surface area contributed by atoms with Crippen LogP contribution in [0.3, 0.4) is 0 Å². The largest absolute Gasteiger partial charge is 0.416 e. The molecule has 0 unspecified atom stereocenters. The van der Waals surface area contributed by atoms with Crippen molar-refractivity contribution in [2.75, 3.05) is 4.72 Å². The fourth-order valence-electron chi connectivity index (χ4n) is 2.21. The molecule has 0 saturated carbocycles. The Kier molecular flexibility index (Phi) is 4.98. The molecule has 0 amide bonds. The molecule has 0 saturated heterocycles. The van der Waals surface area contributed by atoms with Crippen molar-refractivity contribution in [3.63, 3.8) is 0 Å². The van der Waals surface area contributed by atoms with Gasteiger partial charge in [0.25, 0.3) is 10.0 Å². The van der Waals surface area contributed by atoms with Crippen LogP contribution in [-0.2, 0) is 22.4 Å². The van der Waals surface area contributed by atoms with E-state index in [1.54, 1.807) is 6.07 Å². The van der Waals surface area contributed by atoms with Gasteiger partial charge in [0.1, 0.15) is 12.1 Å². The van der Waals surface area contributed by atoms with Gasteiger partial charge in [0.15, 0.2) is 5.82 Å². The van der Waals surface area contributed by atoms with Crippen LogP contribution in [-0.4, -0.2) is 28.2 Å². The molecule has 29 heavy (non-hydrogen) atoms. The third-order valence-corrected chi connectivity index (χ3v) is 4.84. The van der Waals surface area contributed by atoms with E-state index >= 15 is 0 Å². The van der Waals surface area contributed by atoms with Crippen LogP contribution in [0.15, 0.2) is 53.9 Å². The average Bonchev–Trinajstić information content (AvgIpc) is 3.14. The molecule has 0 aliphatic rings. The van der Waals surface area contributed by atoms with Crippen molar-refractivity contribution >= 4 is 15.8 Å². The predicted molar refractivity (Wildman–Crippen MR) is 86.4 cm³/mol. The summed E-state index contributed by atoms with van der Waals surface area (Å²) < 4.78 is 106. The summed E-state index contributed by atoms with van der Waals surface area (Å²) in [5.41, 5.74) is -3.51. The second-order valence-corrected chi connectivity index (χ2v) is 7.24. The van der Waals surface area contributed by atoms with Gasteiger partial charge in [-0.1, -0.05) is 0 Å². The maximum absolute atomic E-state index is 12.9. The minimum absolute atomic E-state index is 0.104. The van der Waals surface area contributed by atoms with E-state index in [-0.39, 0.29) is 29.8 Å². The van der Waals surface area contributed by atoms with E-state index in [1.807, 2.05) is 4.72 Å². The van der Waals surface area contributed by atoms with Crippen molar-refractivity contribution < 1.29 is 34.8 Å². The van der Waals surface area contributed by atoms with Gasteiger partial charge >= 0.3 is 12.4 Å². The standard InChI is InChI=1S/C15H9F6N5O2S/c16-14(17,18)9-4-10(15(19,20)21)6-11(5-9)29(27,28)25-12-7-13(23-8-22-12)26-3-1-2-24-26/h1-8H,(H,22,23,25). The van der Waals surface area contributed by atoms with E-state index in [4.69, 9.17) is 0 Å². The Bertz CT molecular complexity index is 1090. The Balaban J connectivity index is 2.03. The molecule has 0 atom stereocenters. The monoisotopic (exact) mass is 437 g/mol. The topological polar surface area (TPSA) is 89.8 Å². The molecule has 0 bridgehead atoms. The SMILES string of the molecule is O=S(=O)(Nc1cc(-n2cccn2)ncn1)c1cc(C(F)(F)F)cc(C(F)(F)F)c1. The number of rotatable bonds is 4. The smallest absolute Gasteiger partial charge is 0.263 e. The number of aromatic nitrogens is 4. The molecule has 0 spiro atoms. The fourth-order valence-corrected chi connectivity index (χ4v) is 3.28. The molecule has 154 valence electrons. The first-order valence-corrected chi connectivity index (χ1v) is 8.99. The highest BCUT2D eigenvalue weighted by Gasteiger charge is 2.38. The van der Waals surface area contributed by atoms with E-state index in [1.165, 1.54) is 17.1 Å². The number of halogens is 6. The Morgan fingerprint density at radius 2 is 1.52 bits per heavy atom. The van der Waals surface area contributed by atoms with Gasteiger partial charge in [-0.2, -0.15) is 31.4 Å². The summed E-state index contributed by atoms with van der Waals surface area (Å²) >= 11 is 0. The lowest BCUT2D eigenvalue weighted by Gasteiger charge is -2.15. The van der Waals surface area contributed by atoms with Gasteiger partial charge in [0.2, 0.25) is 0 Å². The van der Waals surface area contributed by atoms with Gasteiger partial charge in [-0.05, 0) is 24.3 Å². The maximum atomic E-state index is 12.9. The number of nitrogens with zero attached hydrogens (tertiary/aromatic N) is 4. The zero-order valence-corrected chi connectivity index (χ0v) is 14.7. The number of benzene rings is 1. The van der Waals surface area contributed by atoms with Crippen LogP contribution in [0.2, 0.25) is 0 Å². The maximum Gasteiger partial charge on any atom is 0.416 e. The molecule has 0 radical (unpaired) electrons. The predicted octanol–water partition coefficient (Wildman–Crippen LogP) is 3.50. The van der Waals surface area contributed by atoms with Crippen LogP contribution in [0.1, 0.15) is 11.1 Å². The van der Waals surface area contributed by atoms with Gasteiger partial charge in [0, 0.05) is 18.5 Å². The quantitative estimate of drug-likeness (QED) is 0.631. The summed E-state index contributed by atoms with van der Waals surface area (Å²) in [5, 5.41) is 3.86. The van der Waals surface area contributed by atoms with Gasteiger partial charge < -0.3 is 0 Å². The van der Waals surface area contributed by atoms with E-state index in [0.29, 0.717) is 0 Å². The number of alkyl halides is 6. The summed E-state index contributed by atoms with van der Waals surface area (Å²) in [6.07, 6.45) is -6.54.